The van der Waals surface area contributed by atoms with Crippen LogP contribution in [-0.2, 0) is 29.5 Å². The van der Waals surface area contributed by atoms with E-state index in [-0.39, 0.29) is 18.5 Å². The van der Waals surface area contributed by atoms with Crippen LogP contribution in [0, 0.1) is 11.8 Å². The summed E-state index contributed by atoms with van der Waals surface area (Å²) in [5.41, 5.74) is 11.0. The molecule has 50 heavy (non-hydrogen) atoms. The molecule has 6 rings (SSSR count). The Hall–Kier alpha value is -5.71. The van der Waals surface area contributed by atoms with Crippen LogP contribution in [0.1, 0.15) is 53.5 Å². The maximum Gasteiger partial charge on any atom is 0.417 e. The van der Waals surface area contributed by atoms with Crippen LogP contribution in [0.25, 0.3) is 11.4 Å². The Morgan fingerprint density at radius 3 is 2.46 bits per heavy atom. The van der Waals surface area contributed by atoms with Crippen molar-refractivity contribution in [2.75, 3.05) is 49.2 Å². The molecule has 0 bridgehead atoms. The van der Waals surface area contributed by atoms with Gasteiger partial charge in [-0.1, -0.05) is 30.0 Å². The first-order valence-electron chi connectivity index (χ1n) is 16.4. The highest BCUT2D eigenvalue weighted by molar-refractivity contribution is 6.05. The molecule has 1 saturated heterocycles. The number of carbonyl (C=O) groups excluding carboxylic acids is 3. The highest BCUT2D eigenvalue weighted by atomic mass is 16.6. The van der Waals surface area contributed by atoms with Gasteiger partial charge in [0.25, 0.3) is 5.91 Å². The lowest BCUT2D eigenvalue weighted by molar-refractivity contribution is 0.0232. The quantitative estimate of drug-likeness (QED) is 0.251. The molecule has 0 atom stereocenters. The molecule has 0 unspecified atom stereocenters. The molecule has 2 aliphatic heterocycles. The molecule has 0 aliphatic carbocycles. The predicted octanol–water partition coefficient (Wildman–Crippen LogP) is 4.87. The maximum absolute atomic E-state index is 13.4. The number of hydrogen-bond acceptors (Lipinski definition) is 9. The van der Waals surface area contributed by atoms with Crippen molar-refractivity contribution < 1.29 is 23.9 Å². The summed E-state index contributed by atoms with van der Waals surface area (Å²) < 4.78 is 12.8. The zero-order chi connectivity index (χ0) is 35.4. The van der Waals surface area contributed by atoms with Crippen LogP contribution in [0.2, 0.25) is 0 Å². The van der Waals surface area contributed by atoms with E-state index in [0.29, 0.717) is 45.9 Å². The van der Waals surface area contributed by atoms with E-state index in [0.717, 1.165) is 49.0 Å². The summed E-state index contributed by atoms with van der Waals surface area (Å²) in [4.78, 5) is 51.1. The number of urea groups is 1. The van der Waals surface area contributed by atoms with Gasteiger partial charge in [0.1, 0.15) is 11.3 Å². The van der Waals surface area contributed by atoms with Crippen molar-refractivity contribution in [2.24, 2.45) is 7.05 Å². The first-order valence-corrected chi connectivity index (χ1v) is 16.4. The highest BCUT2D eigenvalue weighted by Crippen LogP contribution is 2.31. The molecule has 4 amide bonds. The number of morpholine rings is 1. The first-order chi connectivity index (χ1) is 23.9. The van der Waals surface area contributed by atoms with E-state index in [1.54, 1.807) is 45.0 Å². The van der Waals surface area contributed by atoms with Gasteiger partial charge in [0.15, 0.2) is 0 Å². The van der Waals surface area contributed by atoms with Crippen LogP contribution in [0.15, 0.2) is 60.8 Å². The van der Waals surface area contributed by atoms with Gasteiger partial charge in [-0.2, -0.15) is 0 Å². The van der Waals surface area contributed by atoms with Crippen molar-refractivity contribution in [3.05, 3.63) is 88.7 Å². The molecule has 0 spiro atoms. The molecule has 4 N–H and O–H groups in total. The maximum atomic E-state index is 13.4. The van der Waals surface area contributed by atoms with Crippen molar-refractivity contribution in [3.8, 4) is 23.2 Å². The average molecular weight is 677 g/mol. The smallest absolute Gasteiger partial charge is 0.417 e. The second kappa shape index (κ2) is 14.4. The lowest BCUT2D eigenvalue weighted by Crippen LogP contribution is -2.44. The van der Waals surface area contributed by atoms with Crippen LogP contribution in [0.3, 0.4) is 0 Å². The zero-order valence-electron chi connectivity index (χ0n) is 28.6. The predicted molar refractivity (Wildman–Crippen MR) is 189 cm³/mol. The molecule has 4 aromatic rings. The van der Waals surface area contributed by atoms with Crippen molar-refractivity contribution in [1.82, 2.24) is 24.3 Å². The fourth-order valence-electron chi connectivity index (χ4n) is 5.87. The standard InChI is InChI=1S/C37H40N8O5/c1-37(2,3)50-36(48)45-14-13-30-29(33(45)46)21-31(43(30)4)32-26(22-39-34(38)42-32)12-11-24-7-5-9-27(19-24)40-35(47)41-28-10-6-8-25(20-28)23-44-15-17-49-18-16-44/h5-10,19-22H,13-18,23H2,1-4H3,(H2,38,39,42)(H2,40,41,47). The number of rotatable bonds is 5. The third kappa shape index (κ3) is 8.11. The topological polar surface area (TPSA) is 157 Å². The Morgan fingerprint density at radius 2 is 1.72 bits per heavy atom. The van der Waals surface area contributed by atoms with Gasteiger partial charge in [0.05, 0.1) is 30.0 Å². The van der Waals surface area contributed by atoms with Gasteiger partial charge in [0, 0.05) is 68.5 Å². The number of nitrogens with zero attached hydrogens (tertiary/aromatic N) is 5. The fourth-order valence-corrected chi connectivity index (χ4v) is 5.87. The van der Waals surface area contributed by atoms with Gasteiger partial charge in [-0.3, -0.25) is 9.69 Å². The normalized spacial score (nSPS) is 14.7. The van der Waals surface area contributed by atoms with Crippen LogP contribution >= 0.6 is 0 Å². The summed E-state index contributed by atoms with van der Waals surface area (Å²) in [6.07, 6.45) is 1.30. The third-order valence-electron chi connectivity index (χ3n) is 8.23. The molecule has 0 saturated carbocycles. The highest BCUT2D eigenvalue weighted by Gasteiger charge is 2.35. The molecular weight excluding hydrogens is 636 g/mol. The Kier molecular flexibility index (Phi) is 9.85. The summed E-state index contributed by atoms with van der Waals surface area (Å²) in [5, 5.41) is 5.79. The number of carbonyl (C=O) groups is 3. The number of anilines is 3. The van der Waals surface area contributed by atoms with Gasteiger partial charge in [-0.05, 0) is 62.7 Å². The van der Waals surface area contributed by atoms with Gasteiger partial charge >= 0.3 is 12.1 Å². The van der Waals surface area contributed by atoms with Crippen molar-refractivity contribution in [1.29, 1.82) is 0 Å². The molecule has 2 aromatic heterocycles. The molecular formula is C37H40N8O5. The van der Waals surface area contributed by atoms with Crippen molar-refractivity contribution >= 4 is 35.4 Å². The first kappa shape index (κ1) is 34.2. The summed E-state index contributed by atoms with van der Waals surface area (Å²) in [7, 11) is 1.83. The average Bonchev–Trinajstić information content (AvgIpc) is 3.41. The molecule has 13 nitrogen and oxygen atoms in total. The Bertz CT molecular complexity index is 2000. The van der Waals surface area contributed by atoms with Crippen LogP contribution in [0.5, 0.6) is 0 Å². The van der Waals surface area contributed by atoms with Crippen LogP contribution in [-0.4, -0.2) is 80.8 Å². The second-order valence-electron chi connectivity index (χ2n) is 13.1. The van der Waals surface area contributed by atoms with Crippen LogP contribution in [0.4, 0.5) is 26.9 Å². The molecule has 0 radical (unpaired) electrons. The molecule has 2 aromatic carbocycles. The van der Waals surface area contributed by atoms with Crippen LogP contribution < -0.4 is 16.4 Å². The number of nitrogens with two attached hydrogens (primary N) is 1. The zero-order valence-corrected chi connectivity index (χ0v) is 28.6. The number of aromatic nitrogens is 3. The number of amides is 4. The van der Waals surface area contributed by atoms with E-state index in [1.165, 1.54) is 6.20 Å². The SMILES string of the molecule is Cn1c(-c2nc(N)ncc2C#Cc2cccc(NC(=O)Nc3cccc(CN4CCOCC4)c3)c2)cc2c1CCN(C(=O)OC(C)(C)C)C2=O. The number of nitrogen functional groups attached to an aromatic ring is 1. The third-order valence-corrected chi connectivity index (χ3v) is 8.23. The van der Waals surface area contributed by atoms with E-state index < -0.39 is 17.6 Å². The Labute approximate surface area is 290 Å². The van der Waals surface area contributed by atoms with Crippen molar-refractivity contribution in [3.63, 3.8) is 0 Å². The summed E-state index contributed by atoms with van der Waals surface area (Å²) in [6.45, 7) is 9.48. The second-order valence-corrected chi connectivity index (χ2v) is 13.1. The van der Waals surface area contributed by atoms with E-state index in [1.807, 2.05) is 41.9 Å². The van der Waals surface area contributed by atoms with E-state index in [9.17, 15) is 14.4 Å². The minimum atomic E-state index is -0.733. The molecule has 2 aliphatic rings. The largest absolute Gasteiger partial charge is 0.443 e. The fraction of sp³-hybridized carbons (Fsp3) is 0.324. The minimum absolute atomic E-state index is 0.0512. The van der Waals surface area contributed by atoms with Gasteiger partial charge in [-0.25, -0.2) is 24.5 Å². The van der Waals surface area contributed by atoms with E-state index in [4.69, 9.17) is 15.2 Å². The monoisotopic (exact) mass is 676 g/mol. The Balaban J connectivity index is 1.17. The number of nitrogens with one attached hydrogen (secondary N) is 2. The lowest BCUT2D eigenvalue weighted by Gasteiger charge is -2.28. The van der Waals surface area contributed by atoms with Gasteiger partial charge in [0.2, 0.25) is 5.95 Å². The summed E-state index contributed by atoms with van der Waals surface area (Å²) in [5.74, 6) is 5.88. The number of ether oxygens (including phenoxy) is 2. The number of hydrogen-bond donors (Lipinski definition) is 3. The number of imide groups is 1. The van der Waals surface area contributed by atoms with Crippen molar-refractivity contribution in [2.45, 2.75) is 39.3 Å². The molecule has 4 heterocycles. The van der Waals surface area contributed by atoms with Gasteiger partial charge in [-0.15, -0.1) is 0 Å². The molecule has 1 fully saturated rings. The number of fused-ring (bicyclic) bond motifs is 1. The van der Waals surface area contributed by atoms with Gasteiger partial charge < -0.3 is 30.4 Å². The Morgan fingerprint density at radius 1 is 1.00 bits per heavy atom. The summed E-state index contributed by atoms with van der Waals surface area (Å²) >= 11 is 0. The lowest BCUT2D eigenvalue weighted by atomic mass is 10.1. The minimum Gasteiger partial charge on any atom is -0.443 e. The summed E-state index contributed by atoms with van der Waals surface area (Å²) in [6, 6.07) is 16.3. The van der Waals surface area contributed by atoms with E-state index >= 15 is 0 Å². The molecule has 13 heteroatoms. The van der Waals surface area contributed by atoms with E-state index in [2.05, 4.69) is 37.3 Å². The number of benzene rings is 2. The molecule has 258 valence electrons.